The Labute approximate surface area is 138 Å². The summed E-state index contributed by atoms with van der Waals surface area (Å²) in [6.07, 6.45) is 0. The minimum Gasteiger partial charge on any atom is -0.328 e. The van der Waals surface area contributed by atoms with E-state index in [0.29, 0.717) is 0 Å². The van der Waals surface area contributed by atoms with E-state index in [0.717, 1.165) is 20.8 Å². The van der Waals surface area contributed by atoms with Crippen LogP contribution in [0.15, 0.2) is 89.4 Å². The Morgan fingerprint density at radius 3 is 1.64 bits per heavy atom. The second-order valence-corrected chi connectivity index (χ2v) is 8.20. The highest BCUT2D eigenvalue weighted by molar-refractivity contribution is 9.10. The van der Waals surface area contributed by atoms with Gasteiger partial charge in [0.2, 0.25) is 7.29 Å². The van der Waals surface area contributed by atoms with Crippen LogP contribution in [0.4, 0.5) is 5.69 Å². The highest BCUT2D eigenvalue weighted by Gasteiger charge is 2.27. The zero-order valence-corrected chi connectivity index (χ0v) is 14.3. The fraction of sp³-hybridized carbons (Fsp3) is 0. The fourth-order valence-corrected chi connectivity index (χ4v) is 5.09. The highest BCUT2D eigenvalue weighted by Crippen LogP contribution is 2.44. The molecule has 0 saturated heterocycles. The standard InChI is InChI=1S/C18H15BrNOP/c19-17-13-7-8-14-18(17)20-22(21,15-9-3-1-4-10-15)16-11-5-2-6-12-16/h1-14H,(H,20,21). The average molecular weight is 372 g/mol. The van der Waals surface area contributed by atoms with Crippen LogP contribution in [-0.4, -0.2) is 0 Å². The summed E-state index contributed by atoms with van der Waals surface area (Å²) >= 11 is 3.51. The maximum Gasteiger partial charge on any atom is 0.227 e. The molecule has 0 unspecified atom stereocenters. The van der Waals surface area contributed by atoms with Crippen molar-refractivity contribution in [1.29, 1.82) is 0 Å². The maximum atomic E-state index is 13.8. The molecule has 3 rings (SSSR count). The zero-order valence-electron chi connectivity index (χ0n) is 11.8. The first-order valence-corrected chi connectivity index (χ1v) is 9.44. The lowest BCUT2D eigenvalue weighted by Crippen LogP contribution is -2.21. The summed E-state index contributed by atoms with van der Waals surface area (Å²) in [7, 11) is -2.95. The molecule has 0 aliphatic carbocycles. The Morgan fingerprint density at radius 2 is 1.14 bits per heavy atom. The van der Waals surface area contributed by atoms with Gasteiger partial charge in [-0.05, 0) is 52.3 Å². The molecule has 3 aromatic rings. The van der Waals surface area contributed by atoms with Gasteiger partial charge in [-0.1, -0.05) is 48.5 Å². The van der Waals surface area contributed by atoms with Crippen molar-refractivity contribution in [3.05, 3.63) is 89.4 Å². The van der Waals surface area contributed by atoms with E-state index in [1.807, 2.05) is 84.9 Å². The number of hydrogen-bond donors (Lipinski definition) is 1. The number of anilines is 1. The van der Waals surface area contributed by atoms with Gasteiger partial charge in [-0.15, -0.1) is 0 Å². The van der Waals surface area contributed by atoms with Crippen molar-refractivity contribution in [3.8, 4) is 0 Å². The molecule has 0 spiro atoms. The fourth-order valence-electron chi connectivity index (χ4n) is 2.28. The van der Waals surface area contributed by atoms with Gasteiger partial charge in [-0.25, -0.2) is 0 Å². The Balaban J connectivity index is 2.13. The molecule has 3 aromatic carbocycles. The smallest absolute Gasteiger partial charge is 0.227 e. The SMILES string of the molecule is O=P(Nc1ccccc1Br)(c1ccccc1)c1ccccc1. The average Bonchev–Trinajstić information content (AvgIpc) is 2.58. The molecule has 2 nitrogen and oxygen atoms in total. The number of para-hydroxylation sites is 1. The van der Waals surface area contributed by atoms with E-state index in [-0.39, 0.29) is 0 Å². The van der Waals surface area contributed by atoms with Gasteiger partial charge in [-0.2, -0.15) is 0 Å². The minimum atomic E-state index is -2.95. The summed E-state index contributed by atoms with van der Waals surface area (Å²) in [6.45, 7) is 0. The van der Waals surface area contributed by atoms with Gasteiger partial charge >= 0.3 is 0 Å². The minimum absolute atomic E-state index is 0.789. The van der Waals surface area contributed by atoms with E-state index < -0.39 is 7.29 Å². The summed E-state index contributed by atoms with van der Waals surface area (Å²) in [4.78, 5) is 0. The highest BCUT2D eigenvalue weighted by atomic mass is 79.9. The summed E-state index contributed by atoms with van der Waals surface area (Å²) in [5.74, 6) is 0. The molecule has 0 amide bonds. The van der Waals surface area contributed by atoms with Crippen LogP contribution in [0.5, 0.6) is 0 Å². The van der Waals surface area contributed by atoms with Crippen LogP contribution in [0.3, 0.4) is 0 Å². The first-order chi connectivity index (χ1) is 10.7. The van der Waals surface area contributed by atoms with Gasteiger partial charge in [-0.3, -0.25) is 4.57 Å². The number of hydrogen-bond acceptors (Lipinski definition) is 1. The monoisotopic (exact) mass is 371 g/mol. The Hall–Kier alpha value is -1.83. The summed E-state index contributed by atoms with van der Waals surface area (Å²) in [5.41, 5.74) is 0.818. The molecule has 0 aliphatic rings. The molecule has 0 heterocycles. The predicted octanol–water partition coefficient (Wildman–Crippen LogP) is 4.79. The van der Waals surface area contributed by atoms with Crippen LogP contribution >= 0.6 is 23.2 Å². The van der Waals surface area contributed by atoms with Crippen molar-refractivity contribution in [2.45, 2.75) is 0 Å². The Morgan fingerprint density at radius 1 is 0.682 bits per heavy atom. The van der Waals surface area contributed by atoms with Crippen LogP contribution in [0.25, 0.3) is 0 Å². The Bertz CT molecular complexity index is 762. The largest absolute Gasteiger partial charge is 0.328 e. The summed E-state index contributed by atoms with van der Waals surface area (Å²) in [6, 6.07) is 26.8. The maximum absolute atomic E-state index is 13.8. The van der Waals surface area contributed by atoms with E-state index in [1.54, 1.807) is 0 Å². The van der Waals surface area contributed by atoms with Gasteiger partial charge in [0, 0.05) is 15.1 Å². The van der Waals surface area contributed by atoms with Crippen molar-refractivity contribution in [2.24, 2.45) is 0 Å². The molecule has 22 heavy (non-hydrogen) atoms. The van der Waals surface area contributed by atoms with Crippen molar-refractivity contribution >= 4 is 39.5 Å². The van der Waals surface area contributed by atoms with Crippen LogP contribution in [0.2, 0.25) is 0 Å². The summed E-state index contributed by atoms with van der Waals surface area (Å²) in [5, 5.41) is 4.84. The third-order valence-corrected chi connectivity index (χ3v) is 6.69. The van der Waals surface area contributed by atoms with Crippen LogP contribution in [0, 0.1) is 0 Å². The van der Waals surface area contributed by atoms with E-state index in [4.69, 9.17) is 0 Å². The second-order valence-electron chi connectivity index (χ2n) is 4.87. The molecular formula is C18H15BrNOP. The van der Waals surface area contributed by atoms with E-state index in [9.17, 15) is 4.57 Å². The molecule has 0 atom stereocenters. The van der Waals surface area contributed by atoms with Gasteiger partial charge in [0.1, 0.15) is 0 Å². The van der Waals surface area contributed by atoms with Crippen molar-refractivity contribution in [2.75, 3.05) is 5.09 Å². The third kappa shape index (κ3) is 3.01. The predicted molar refractivity (Wildman–Crippen MR) is 97.5 cm³/mol. The summed E-state index contributed by atoms with van der Waals surface area (Å²) < 4.78 is 14.7. The lowest BCUT2D eigenvalue weighted by molar-refractivity contribution is 0.590. The zero-order chi connectivity index (χ0) is 15.4. The molecular weight excluding hydrogens is 357 g/mol. The lowest BCUT2D eigenvalue weighted by atomic mass is 10.3. The van der Waals surface area contributed by atoms with Crippen molar-refractivity contribution < 1.29 is 4.57 Å². The first kappa shape index (κ1) is 15.1. The van der Waals surface area contributed by atoms with Crippen LogP contribution in [-0.2, 0) is 4.57 Å². The lowest BCUT2D eigenvalue weighted by Gasteiger charge is -2.22. The molecule has 0 bridgehead atoms. The quantitative estimate of drug-likeness (QED) is 0.668. The molecule has 110 valence electrons. The molecule has 0 fully saturated rings. The van der Waals surface area contributed by atoms with Gasteiger partial charge in [0.05, 0.1) is 5.69 Å². The van der Waals surface area contributed by atoms with Gasteiger partial charge < -0.3 is 5.09 Å². The number of rotatable bonds is 4. The van der Waals surface area contributed by atoms with E-state index >= 15 is 0 Å². The van der Waals surface area contributed by atoms with E-state index in [2.05, 4.69) is 21.0 Å². The van der Waals surface area contributed by atoms with Crippen LogP contribution < -0.4 is 15.7 Å². The molecule has 0 aromatic heterocycles. The van der Waals surface area contributed by atoms with Gasteiger partial charge in [0.25, 0.3) is 0 Å². The number of nitrogens with one attached hydrogen (secondary N) is 1. The Kier molecular flexibility index (Phi) is 4.47. The van der Waals surface area contributed by atoms with Crippen LogP contribution in [0.1, 0.15) is 0 Å². The van der Waals surface area contributed by atoms with Gasteiger partial charge in [0.15, 0.2) is 0 Å². The second kappa shape index (κ2) is 6.51. The van der Waals surface area contributed by atoms with Crippen molar-refractivity contribution in [3.63, 3.8) is 0 Å². The van der Waals surface area contributed by atoms with E-state index in [1.165, 1.54) is 0 Å². The van der Waals surface area contributed by atoms with Crippen molar-refractivity contribution in [1.82, 2.24) is 0 Å². The molecule has 0 radical (unpaired) electrons. The molecule has 0 aliphatic heterocycles. The third-order valence-electron chi connectivity index (χ3n) is 3.39. The molecule has 0 saturated carbocycles. The normalized spacial score (nSPS) is 11.1. The molecule has 1 N–H and O–H groups in total. The topological polar surface area (TPSA) is 29.1 Å². The number of benzene rings is 3. The first-order valence-electron chi connectivity index (χ1n) is 6.94. The molecule has 4 heteroatoms. The number of halogens is 1.